The molecule has 2 aromatic rings. The van der Waals surface area contributed by atoms with Crippen molar-refractivity contribution in [1.29, 1.82) is 0 Å². The van der Waals surface area contributed by atoms with E-state index in [1.54, 1.807) is 12.1 Å². The summed E-state index contributed by atoms with van der Waals surface area (Å²) in [6.45, 7) is 1.56. The van der Waals surface area contributed by atoms with Crippen molar-refractivity contribution in [3.8, 4) is 10.6 Å². The van der Waals surface area contributed by atoms with Crippen LogP contribution >= 0.6 is 11.3 Å². The van der Waals surface area contributed by atoms with Crippen molar-refractivity contribution >= 4 is 17.2 Å². The Balaban J connectivity index is 1.36. The highest BCUT2D eigenvalue weighted by Gasteiger charge is 2.28. The van der Waals surface area contributed by atoms with E-state index >= 15 is 0 Å². The molecule has 2 aliphatic rings. The van der Waals surface area contributed by atoms with E-state index in [1.807, 2.05) is 11.0 Å². The average molecular weight is 402 g/mol. The summed E-state index contributed by atoms with van der Waals surface area (Å²) in [6, 6.07) is 6.68. The van der Waals surface area contributed by atoms with Crippen LogP contribution in [0.5, 0.6) is 0 Å². The van der Waals surface area contributed by atoms with Crippen LogP contribution in [0, 0.1) is 11.7 Å². The summed E-state index contributed by atoms with van der Waals surface area (Å²) in [5, 5.41) is 10.1. The highest BCUT2D eigenvalue weighted by Crippen LogP contribution is 2.34. The van der Waals surface area contributed by atoms with E-state index in [0.29, 0.717) is 17.0 Å². The van der Waals surface area contributed by atoms with Gasteiger partial charge in [0.2, 0.25) is 5.91 Å². The van der Waals surface area contributed by atoms with E-state index in [-0.39, 0.29) is 17.6 Å². The maximum atomic E-state index is 14.0. The zero-order chi connectivity index (χ0) is 19.3. The molecular weight excluding hydrogens is 373 g/mol. The quantitative estimate of drug-likeness (QED) is 0.673. The third kappa shape index (κ3) is 4.59. The summed E-state index contributed by atoms with van der Waals surface area (Å²) in [4.78, 5) is 14.7. The van der Waals surface area contributed by atoms with Gasteiger partial charge in [-0.2, -0.15) is 0 Å². The average Bonchev–Trinajstić information content (AvgIpc) is 3.23. The molecule has 1 atom stereocenters. The minimum absolute atomic E-state index is 0.213. The molecule has 1 saturated carbocycles. The number of rotatable bonds is 5. The largest absolute Gasteiger partial charge is 0.342 e. The fourth-order valence-electron chi connectivity index (χ4n) is 4.51. The van der Waals surface area contributed by atoms with Crippen LogP contribution in [0.1, 0.15) is 68.7 Å². The van der Waals surface area contributed by atoms with E-state index < -0.39 is 0 Å². The molecule has 1 aromatic heterocycles. The summed E-state index contributed by atoms with van der Waals surface area (Å²) in [6.07, 6.45) is 10.3. The first-order valence-corrected chi connectivity index (χ1v) is 11.4. The molecule has 1 aliphatic heterocycles. The highest BCUT2D eigenvalue weighted by molar-refractivity contribution is 7.14. The minimum Gasteiger partial charge on any atom is -0.342 e. The van der Waals surface area contributed by atoms with Gasteiger partial charge in [0.25, 0.3) is 0 Å². The number of benzene rings is 1. The molecule has 1 unspecified atom stereocenters. The molecule has 1 aliphatic carbocycles. The SMILES string of the molecule is O=C(CCC1CCCCC1)N1CCCC(c2nnc(-c3ccccc3F)s2)C1. The zero-order valence-corrected chi connectivity index (χ0v) is 17.1. The lowest BCUT2D eigenvalue weighted by molar-refractivity contribution is -0.132. The van der Waals surface area contributed by atoms with E-state index in [4.69, 9.17) is 0 Å². The second-order valence-corrected chi connectivity index (χ2v) is 9.16. The molecule has 1 aromatic carbocycles. The van der Waals surface area contributed by atoms with Crippen LogP contribution in [0.15, 0.2) is 24.3 Å². The second kappa shape index (κ2) is 9.12. The first kappa shape index (κ1) is 19.5. The number of hydrogen-bond acceptors (Lipinski definition) is 4. The van der Waals surface area contributed by atoms with Crippen molar-refractivity contribution in [2.24, 2.45) is 5.92 Å². The molecule has 4 rings (SSSR count). The molecule has 150 valence electrons. The van der Waals surface area contributed by atoms with E-state index in [1.165, 1.54) is 49.5 Å². The van der Waals surface area contributed by atoms with Gasteiger partial charge < -0.3 is 4.90 Å². The number of amides is 1. The van der Waals surface area contributed by atoms with E-state index in [2.05, 4.69) is 10.2 Å². The first-order chi connectivity index (χ1) is 13.7. The van der Waals surface area contributed by atoms with Gasteiger partial charge in [-0.1, -0.05) is 55.6 Å². The summed E-state index contributed by atoms with van der Waals surface area (Å²) >= 11 is 1.46. The molecule has 2 fully saturated rings. The topological polar surface area (TPSA) is 46.1 Å². The van der Waals surface area contributed by atoms with Gasteiger partial charge in [-0.15, -0.1) is 10.2 Å². The lowest BCUT2D eigenvalue weighted by Crippen LogP contribution is -2.39. The molecule has 4 nitrogen and oxygen atoms in total. The molecule has 0 spiro atoms. The first-order valence-electron chi connectivity index (χ1n) is 10.6. The van der Waals surface area contributed by atoms with Gasteiger partial charge in [-0.3, -0.25) is 4.79 Å². The molecule has 0 bridgehead atoms. The van der Waals surface area contributed by atoms with Crippen molar-refractivity contribution in [3.05, 3.63) is 35.1 Å². The molecular formula is C22H28FN3OS. The van der Waals surface area contributed by atoms with Crippen LogP contribution in [-0.4, -0.2) is 34.1 Å². The van der Waals surface area contributed by atoms with Crippen molar-refractivity contribution in [3.63, 3.8) is 0 Å². The number of carbonyl (C=O) groups is 1. The van der Waals surface area contributed by atoms with Crippen molar-refractivity contribution in [2.75, 3.05) is 13.1 Å². The highest BCUT2D eigenvalue weighted by atomic mass is 32.1. The summed E-state index contributed by atoms with van der Waals surface area (Å²) < 4.78 is 14.0. The monoisotopic (exact) mass is 401 g/mol. The van der Waals surface area contributed by atoms with Crippen LogP contribution in [-0.2, 0) is 4.79 Å². The summed E-state index contributed by atoms with van der Waals surface area (Å²) in [5.41, 5.74) is 0.502. The smallest absolute Gasteiger partial charge is 0.222 e. The Labute approximate surface area is 170 Å². The zero-order valence-electron chi connectivity index (χ0n) is 16.3. The Bertz CT molecular complexity index is 803. The third-order valence-corrected chi connectivity index (χ3v) is 7.28. The van der Waals surface area contributed by atoms with Gasteiger partial charge >= 0.3 is 0 Å². The molecule has 1 saturated heterocycles. The van der Waals surface area contributed by atoms with Crippen LogP contribution in [0.2, 0.25) is 0 Å². The Morgan fingerprint density at radius 1 is 1.11 bits per heavy atom. The predicted octanol–water partition coefficient (Wildman–Crippen LogP) is 5.41. The van der Waals surface area contributed by atoms with Gasteiger partial charge in [0.1, 0.15) is 10.8 Å². The second-order valence-electron chi connectivity index (χ2n) is 8.15. The molecule has 2 heterocycles. The Kier molecular flexibility index (Phi) is 6.35. The van der Waals surface area contributed by atoms with Gasteiger partial charge in [0.05, 0.1) is 0 Å². The van der Waals surface area contributed by atoms with E-state index in [0.717, 1.165) is 43.3 Å². The number of aromatic nitrogens is 2. The number of hydrogen-bond donors (Lipinski definition) is 0. The van der Waals surface area contributed by atoms with E-state index in [9.17, 15) is 9.18 Å². The van der Waals surface area contributed by atoms with Crippen LogP contribution < -0.4 is 0 Å². The number of carbonyl (C=O) groups excluding carboxylic acids is 1. The molecule has 0 radical (unpaired) electrons. The normalized spacial score (nSPS) is 21.0. The number of nitrogens with zero attached hydrogens (tertiary/aromatic N) is 3. The van der Waals surface area contributed by atoms with Crippen LogP contribution in [0.3, 0.4) is 0 Å². The molecule has 28 heavy (non-hydrogen) atoms. The standard InChI is InChI=1S/C22H28FN3OS/c23-19-11-5-4-10-18(19)22-25-24-21(28-22)17-9-6-14-26(15-17)20(27)13-12-16-7-2-1-3-8-16/h4-5,10-11,16-17H,1-3,6-9,12-15H2. The Morgan fingerprint density at radius 3 is 2.75 bits per heavy atom. The van der Waals surface area contributed by atoms with Crippen molar-refractivity contribution in [2.45, 2.75) is 63.7 Å². The van der Waals surface area contributed by atoms with Crippen LogP contribution in [0.4, 0.5) is 4.39 Å². The number of halogens is 1. The number of piperidine rings is 1. The van der Waals surface area contributed by atoms with Gasteiger partial charge in [0.15, 0.2) is 5.01 Å². The summed E-state index contributed by atoms with van der Waals surface area (Å²) in [5.74, 6) is 0.970. The lowest BCUT2D eigenvalue weighted by atomic mass is 9.86. The molecule has 0 N–H and O–H groups in total. The Hall–Kier alpha value is -1.82. The Morgan fingerprint density at radius 2 is 1.93 bits per heavy atom. The predicted molar refractivity (Wildman–Crippen MR) is 110 cm³/mol. The van der Waals surface area contributed by atoms with Gasteiger partial charge in [-0.05, 0) is 37.3 Å². The fourth-order valence-corrected chi connectivity index (χ4v) is 5.51. The molecule has 6 heteroatoms. The lowest BCUT2D eigenvalue weighted by Gasteiger charge is -2.32. The van der Waals surface area contributed by atoms with Gasteiger partial charge in [-0.25, -0.2) is 4.39 Å². The minimum atomic E-state index is -0.270. The number of likely N-dealkylation sites (tertiary alicyclic amines) is 1. The van der Waals surface area contributed by atoms with Gasteiger partial charge in [0, 0.05) is 31.0 Å². The maximum absolute atomic E-state index is 14.0. The van der Waals surface area contributed by atoms with Crippen molar-refractivity contribution in [1.82, 2.24) is 15.1 Å². The molecule has 1 amide bonds. The summed E-state index contributed by atoms with van der Waals surface area (Å²) in [7, 11) is 0. The van der Waals surface area contributed by atoms with Crippen molar-refractivity contribution < 1.29 is 9.18 Å². The maximum Gasteiger partial charge on any atom is 0.222 e. The third-order valence-electron chi connectivity index (χ3n) is 6.16. The fraction of sp³-hybridized carbons (Fsp3) is 0.591. The van der Waals surface area contributed by atoms with Crippen LogP contribution in [0.25, 0.3) is 10.6 Å².